The van der Waals surface area contributed by atoms with Gasteiger partial charge in [-0.25, -0.2) is 0 Å². The molecular formula is C22H26N2O3S. The summed E-state index contributed by atoms with van der Waals surface area (Å²) in [4.78, 5) is 28.1. The molecule has 0 bridgehead atoms. The molecule has 1 aliphatic heterocycles. The summed E-state index contributed by atoms with van der Waals surface area (Å²) in [6.45, 7) is 1.19. The highest BCUT2D eigenvalue weighted by Gasteiger charge is 2.19. The average molecular weight is 399 g/mol. The predicted octanol–water partition coefficient (Wildman–Crippen LogP) is 3.35. The minimum absolute atomic E-state index is 0.00800. The van der Waals surface area contributed by atoms with Gasteiger partial charge in [-0.05, 0) is 36.1 Å². The van der Waals surface area contributed by atoms with Gasteiger partial charge >= 0.3 is 0 Å². The van der Waals surface area contributed by atoms with Crippen LogP contribution in [0.4, 0.5) is 0 Å². The fraction of sp³-hybridized carbons (Fsp3) is 0.364. The number of benzene rings is 2. The van der Waals surface area contributed by atoms with Gasteiger partial charge in [-0.15, -0.1) is 0 Å². The molecule has 2 N–H and O–H groups in total. The van der Waals surface area contributed by atoms with Gasteiger partial charge in [0.05, 0.1) is 13.2 Å². The minimum Gasteiger partial charge on any atom is -0.392 e. The molecule has 0 radical (unpaired) electrons. The number of carbonyl (C=O) groups is 2. The third kappa shape index (κ3) is 5.59. The highest BCUT2D eigenvalue weighted by Crippen LogP contribution is 2.32. The van der Waals surface area contributed by atoms with Crippen LogP contribution in [-0.4, -0.2) is 34.9 Å². The summed E-state index contributed by atoms with van der Waals surface area (Å²) in [6.07, 6.45) is 3.46. The minimum atomic E-state index is -0.134. The number of aliphatic hydroxyl groups is 1. The van der Waals surface area contributed by atoms with E-state index in [1.165, 1.54) is 0 Å². The van der Waals surface area contributed by atoms with Crippen LogP contribution in [-0.2, 0) is 22.7 Å². The van der Waals surface area contributed by atoms with Gasteiger partial charge in [-0.1, -0.05) is 54.6 Å². The van der Waals surface area contributed by atoms with Gasteiger partial charge < -0.3 is 15.3 Å². The van der Waals surface area contributed by atoms with Gasteiger partial charge in [0.2, 0.25) is 11.8 Å². The van der Waals surface area contributed by atoms with Crippen LogP contribution in [0.3, 0.4) is 0 Å². The van der Waals surface area contributed by atoms with E-state index in [4.69, 9.17) is 0 Å². The fourth-order valence-corrected chi connectivity index (χ4v) is 4.30. The molecule has 0 saturated carbocycles. The highest BCUT2D eigenvalue weighted by atomic mass is 32.2. The molecule has 2 aromatic carbocycles. The second-order valence-corrected chi connectivity index (χ2v) is 7.96. The number of hydrogen-bond acceptors (Lipinski definition) is 4. The molecule has 0 unspecified atom stereocenters. The standard InChI is InChI=1S/C22H26N2O3S/c25-16-18-9-4-6-11-20(18)28-19-10-5-3-8-17(19)14-23-21(26)15-24-13-7-1-2-12-22(24)27/h3-6,8-11,25H,1-2,7,12-16H2,(H,23,26). The zero-order valence-corrected chi connectivity index (χ0v) is 16.7. The molecule has 2 amide bonds. The van der Waals surface area contributed by atoms with Gasteiger partial charge in [0.25, 0.3) is 0 Å². The molecule has 1 heterocycles. The first-order valence-electron chi connectivity index (χ1n) is 9.66. The molecule has 1 fully saturated rings. The zero-order valence-electron chi connectivity index (χ0n) is 15.9. The fourth-order valence-electron chi connectivity index (χ4n) is 3.23. The quantitative estimate of drug-likeness (QED) is 0.750. The maximum absolute atomic E-state index is 12.4. The highest BCUT2D eigenvalue weighted by molar-refractivity contribution is 7.99. The lowest BCUT2D eigenvalue weighted by atomic mass is 10.2. The number of carbonyl (C=O) groups excluding carboxylic acids is 2. The Kier molecular flexibility index (Phi) is 7.51. The number of aliphatic hydroxyl groups excluding tert-OH is 1. The molecule has 0 spiro atoms. The van der Waals surface area contributed by atoms with Crippen molar-refractivity contribution in [3.05, 3.63) is 59.7 Å². The van der Waals surface area contributed by atoms with E-state index < -0.39 is 0 Å². The number of rotatable bonds is 7. The maximum Gasteiger partial charge on any atom is 0.239 e. The Hall–Kier alpha value is -2.31. The van der Waals surface area contributed by atoms with Gasteiger partial charge in [0, 0.05) is 29.3 Å². The van der Waals surface area contributed by atoms with E-state index in [0.717, 1.165) is 40.2 Å². The van der Waals surface area contributed by atoms with Crippen molar-refractivity contribution in [2.45, 2.75) is 48.6 Å². The average Bonchev–Trinajstić information content (AvgIpc) is 2.92. The Balaban J connectivity index is 1.61. The van der Waals surface area contributed by atoms with Crippen molar-refractivity contribution < 1.29 is 14.7 Å². The maximum atomic E-state index is 12.4. The molecule has 3 rings (SSSR count). The van der Waals surface area contributed by atoms with E-state index in [9.17, 15) is 14.7 Å². The van der Waals surface area contributed by atoms with Crippen molar-refractivity contribution >= 4 is 23.6 Å². The third-order valence-corrected chi connectivity index (χ3v) is 6.05. The van der Waals surface area contributed by atoms with E-state index >= 15 is 0 Å². The largest absolute Gasteiger partial charge is 0.392 e. The lowest BCUT2D eigenvalue weighted by molar-refractivity contribution is -0.135. The second kappa shape index (κ2) is 10.3. The summed E-state index contributed by atoms with van der Waals surface area (Å²) in [6, 6.07) is 15.7. The number of nitrogens with one attached hydrogen (secondary N) is 1. The molecule has 1 aliphatic rings. The molecular weight excluding hydrogens is 372 g/mol. The monoisotopic (exact) mass is 398 g/mol. The van der Waals surface area contributed by atoms with Crippen molar-refractivity contribution in [2.75, 3.05) is 13.1 Å². The van der Waals surface area contributed by atoms with Gasteiger partial charge in [-0.3, -0.25) is 9.59 Å². The van der Waals surface area contributed by atoms with E-state index in [0.29, 0.717) is 19.5 Å². The summed E-state index contributed by atoms with van der Waals surface area (Å²) in [7, 11) is 0. The van der Waals surface area contributed by atoms with Gasteiger partial charge in [0.1, 0.15) is 0 Å². The van der Waals surface area contributed by atoms with E-state index in [-0.39, 0.29) is 25.0 Å². The molecule has 0 aromatic heterocycles. The van der Waals surface area contributed by atoms with E-state index in [1.807, 2.05) is 48.5 Å². The Morgan fingerprint density at radius 3 is 2.43 bits per heavy atom. The first-order valence-corrected chi connectivity index (χ1v) is 10.5. The summed E-state index contributed by atoms with van der Waals surface area (Å²) in [5.74, 6) is -0.0602. The Labute approximate surface area is 170 Å². The Morgan fingerprint density at radius 2 is 1.68 bits per heavy atom. The predicted molar refractivity (Wildman–Crippen MR) is 110 cm³/mol. The van der Waals surface area contributed by atoms with Crippen molar-refractivity contribution in [3.8, 4) is 0 Å². The van der Waals surface area contributed by atoms with E-state index in [2.05, 4.69) is 5.32 Å². The van der Waals surface area contributed by atoms with Crippen LogP contribution in [0.25, 0.3) is 0 Å². The molecule has 28 heavy (non-hydrogen) atoms. The zero-order chi connectivity index (χ0) is 19.8. The van der Waals surface area contributed by atoms with Crippen molar-refractivity contribution in [1.82, 2.24) is 10.2 Å². The molecule has 1 saturated heterocycles. The van der Waals surface area contributed by atoms with Crippen LogP contribution >= 0.6 is 11.8 Å². The van der Waals surface area contributed by atoms with Crippen molar-refractivity contribution in [1.29, 1.82) is 0 Å². The Bertz CT molecular complexity index is 825. The van der Waals surface area contributed by atoms with Crippen LogP contribution < -0.4 is 5.32 Å². The SMILES string of the molecule is O=C(CN1CCCCCC1=O)NCc1ccccc1Sc1ccccc1CO. The summed E-state index contributed by atoms with van der Waals surface area (Å²) < 4.78 is 0. The lowest BCUT2D eigenvalue weighted by Crippen LogP contribution is -2.40. The first kappa shape index (κ1) is 20.4. The molecule has 6 heteroatoms. The van der Waals surface area contributed by atoms with Crippen LogP contribution in [0.2, 0.25) is 0 Å². The van der Waals surface area contributed by atoms with Crippen LogP contribution in [0, 0.1) is 0 Å². The molecule has 5 nitrogen and oxygen atoms in total. The van der Waals surface area contributed by atoms with Crippen LogP contribution in [0.5, 0.6) is 0 Å². The molecule has 148 valence electrons. The number of hydrogen-bond donors (Lipinski definition) is 2. The molecule has 0 atom stereocenters. The first-order chi connectivity index (χ1) is 13.7. The van der Waals surface area contributed by atoms with Gasteiger partial charge in [0.15, 0.2) is 0 Å². The second-order valence-electron chi connectivity index (χ2n) is 6.88. The van der Waals surface area contributed by atoms with Crippen LogP contribution in [0.15, 0.2) is 58.3 Å². The summed E-state index contributed by atoms with van der Waals surface area (Å²) in [5, 5.41) is 12.5. The molecule has 0 aliphatic carbocycles. The number of nitrogens with zero attached hydrogens (tertiary/aromatic N) is 1. The van der Waals surface area contributed by atoms with Crippen molar-refractivity contribution in [3.63, 3.8) is 0 Å². The summed E-state index contributed by atoms with van der Waals surface area (Å²) in [5.41, 5.74) is 1.89. The van der Waals surface area contributed by atoms with Gasteiger partial charge in [-0.2, -0.15) is 0 Å². The lowest BCUT2D eigenvalue weighted by Gasteiger charge is -2.20. The normalized spacial score (nSPS) is 14.6. The summed E-state index contributed by atoms with van der Waals surface area (Å²) >= 11 is 1.58. The van der Waals surface area contributed by atoms with E-state index in [1.54, 1.807) is 16.7 Å². The smallest absolute Gasteiger partial charge is 0.239 e. The van der Waals surface area contributed by atoms with Crippen molar-refractivity contribution in [2.24, 2.45) is 0 Å². The third-order valence-electron chi connectivity index (χ3n) is 4.82. The van der Waals surface area contributed by atoms with Crippen LogP contribution in [0.1, 0.15) is 36.8 Å². The topological polar surface area (TPSA) is 69.6 Å². The number of likely N-dealkylation sites (tertiary alicyclic amines) is 1. The number of amides is 2. The molecule has 2 aromatic rings. The Morgan fingerprint density at radius 1 is 1.00 bits per heavy atom.